The van der Waals surface area contributed by atoms with E-state index in [9.17, 15) is 9.59 Å². The molecule has 148 valence electrons. The van der Waals surface area contributed by atoms with Crippen LogP contribution in [0.1, 0.15) is 5.56 Å². The molecule has 1 aliphatic heterocycles. The third kappa shape index (κ3) is 4.60. The van der Waals surface area contributed by atoms with Crippen LogP contribution < -0.4 is 5.56 Å². The monoisotopic (exact) mass is 388 g/mol. The lowest BCUT2D eigenvalue weighted by Crippen LogP contribution is -2.49. The number of amides is 1. The number of carbonyl (C=O) groups excluding carboxylic acids is 1. The van der Waals surface area contributed by atoms with E-state index in [0.29, 0.717) is 18.6 Å². The number of carbonyl (C=O) groups is 1. The van der Waals surface area contributed by atoms with Gasteiger partial charge in [-0.3, -0.25) is 19.1 Å². The molecule has 29 heavy (non-hydrogen) atoms. The topological polar surface area (TPSA) is 58.4 Å². The second kappa shape index (κ2) is 8.84. The minimum atomic E-state index is -0.248. The summed E-state index contributed by atoms with van der Waals surface area (Å²) in [7, 11) is 0. The van der Waals surface area contributed by atoms with Gasteiger partial charge < -0.3 is 4.90 Å². The molecule has 0 spiro atoms. The normalized spacial score (nSPS) is 15.2. The van der Waals surface area contributed by atoms with E-state index in [4.69, 9.17) is 0 Å². The number of piperazine rings is 1. The van der Waals surface area contributed by atoms with Gasteiger partial charge in [-0.2, -0.15) is 0 Å². The van der Waals surface area contributed by atoms with Crippen LogP contribution in [0.15, 0.2) is 71.7 Å². The highest BCUT2D eigenvalue weighted by molar-refractivity contribution is 5.80. The van der Waals surface area contributed by atoms with Crippen LogP contribution in [0.25, 0.3) is 17.1 Å². The third-order valence-electron chi connectivity index (χ3n) is 5.24. The van der Waals surface area contributed by atoms with Crippen LogP contribution in [0.3, 0.4) is 0 Å². The van der Waals surface area contributed by atoms with Crippen LogP contribution in [0.4, 0.5) is 0 Å². The number of benzene rings is 2. The van der Waals surface area contributed by atoms with E-state index < -0.39 is 0 Å². The van der Waals surface area contributed by atoms with Gasteiger partial charge in [-0.15, -0.1) is 0 Å². The Hall–Kier alpha value is -3.25. The van der Waals surface area contributed by atoms with Crippen molar-refractivity contribution in [1.82, 2.24) is 19.4 Å². The van der Waals surface area contributed by atoms with Gasteiger partial charge in [-0.1, -0.05) is 54.6 Å². The van der Waals surface area contributed by atoms with E-state index >= 15 is 0 Å². The van der Waals surface area contributed by atoms with E-state index in [1.165, 1.54) is 16.3 Å². The fraction of sp³-hybridized carbons (Fsp3) is 0.261. The maximum atomic E-state index is 12.8. The molecule has 0 unspecified atom stereocenters. The van der Waals surface area contributed by atoms with E-state index in [0.717, 1.165) is 25.2 Å². The van der Waals surface area contributed by atoms with Gasteiger partial charge in [0, 0.05) is 32.7 Å². The van der Waals surface area contributed by atoms with Crippen molar-refractivity contribution in [2.45, 2.75) is 6.54 Å². The molecule has 0 aliphatic carbocycles. The molecule has 0 saturated carbocycles. The van der Waals surface area contributed by atoms with Gasteiger partial charge in [0.05, 0.1) is 17.2 Å². The Morgan fingerprint density at radius 1 is 0.966 bits per heavy atom. The largest absolute Gasteiger partial charge is 0.339 e. The Balaban J connectivity index is 1.33. The lowest BCUT2D eigenvalue weighted by molar-refractivity contribution is -0.133. The van der Waals surface area contributed by atoms with Crippen molar-refractivity contribution in [2.24, 2.45) is 0 Å². The molecule has 1 fully saturated rings. The van der Waals surface area contributed by atoms with Gasteiger partial charge in [0.1, 0.15) is 6.54 Å². The summed E-state index contributed by atoms with van der Waals surface area (Å²) in [5.41, 5.74) is 2.35. The zero-order valence-electron chi connectivity index (χ0n) is 16.3. The SMILES string of the molecule is O=C(Cn1c(=O)cnc2ccccc21)N1CCN(CC=Cc2ccccc2)CC1. The maximum Gasteiger partial charge on any atom is 0.269 e. The van der Waals surface area contributed by atoms with Gasteiger partial charge >= 0.3 is 0 Å². The lowest BCUT2D eigenvalue weighted by atomic mass is 10.2. The molecule has 0 radical (unpaired) electrons. The Labute approximate surface area is 169 Å². The first-order valence-corrected chi connectivity index (χ1v) is 9.87. The highest BCUT2D eigenvalue weighted by Crippen LogP contribution is 2.10. The molecule has 3 aromatic rings. The molecular weight excluding hydrogens is 364 g/mol. The second-order valence-electron chi connectivity index (χ2n) is 7.17. The molecule has 2 aromatic carbocycles. The van der Waals surface area contributed by atoms with Gasteiger partial charge in [-0.25, -0.2) is 4.98 Å². The van der Waals surface area contributed by atoms with Gasteiger partial charge in [-0.05, 0) is 17.7 Å². The number of fused-ring (bicyclic) bond motifs is 1. The van der Waals surface area contributed by atoms with E-state index in [1.807, 2.05) is 47.4 Å². The van der Waals surface area contributed by atoms with Gasteiger partial charge in [0.25, 0.3) is 5.56 Å². The molecule has 1 aromatic heterocycles. The van der Waals surface area contributed by atoms with E-state index in [1.54, 1.807) is 0 Å². The second-order valence-corrected chi connectivity index (χ2v) is 7.17. The summed E-state index contributed by atoms with van der Waals surface area (Å²) in [6.45, 7) is 3.93. The van der Waals surface area contributed by atoms with E-state index in [2.05, 4.69) is 34.2 Å². The predicted octanol–water partition coefficient (Wildman–Crippen LogP) is 2.25. The van der Waals surface area contributed by atoms with Crippen LogP contribution in [0, 0.1) is 0 Å². The molecule has 1 aliphatic rings. The van der Waals surface area contributed by atoms with Crippen molar-refractivity contribution in [3.63, 3.8) is 0 Å². The Morgan fingerprint density at radius 2 is 1.69 bits per heavy atom. The summed E-state index contributed by atoms with van der Waals surface area (Å²) in [4.78, 5) is 33.4. The van der Waals surface area contributed by atoms with Crippen molar-refractivity contribution in [1.29, 1.82) is 0 Å². The van der Waals surface area contributed by atoms with Crippen molar-refractivity contribution < 1.29 is 4.79 Å². The molecule has 4 rings (SSSR count). The van der Waals surface area contributed by atoms with Crippen LogP contribution in [-0.4, -0.2) is 58.0 Å². The molecule has 6 nitrogen and oxygen atoms in total. The third-order valence-corrected chi connectivity index (χ3v) is 5.24. The van der Waals surface area contributed by atoms with Crippen LogP contribution in [0.5, 0.6) is 0 Å². The smallest absolute Gasteiger partial charge is 0.269 e. The molecule has 6 heteroatoms. The van der Waals surface area contributed by atoms with Gasteiger partial charge in [0.15, 0.2) is 0 Å². The quantitative estimate of drug-likeness (QED) is 0.673. The highest BCUT2D eigenvalue weighted by Gasteiger charge is 2.21. The highest BCUT2D eigenvalue weighted by atomic mass is 16.2. The first kappa shape index (κ1) is 19.1. The summed E-state index contributed by atoms with van der Waals surface area (Å²) in [6.07, 6.45) is 5.57. The van der Waals surface area contributed by atoms with Crippen molar-refractivity contribution in [3.05, 3.63) is 82.8 Å². The Kier molecular flexibility index (Phi) is 5.81. The molecule has 0 atom stereocenters. The average Bonchev–Trinajstić information content (AvgIpc) is 2.77. The number of aromatic nitrogens is 2. The Bertz CT molecular complexity index is 1070. The summed E-state index contributed by atoms with van der Waals surface area (Å²) in [5, 5.41) is 0. The first-order valence-electron chi connectivity index (χ1n) is 9.87. The predicted molar refractivity (Wildman–Crippen MR) is 114 cm³/mol. The van der Waals surface area contributed by atoms with Crippen LogP contribution in [0.2, 0.25) is 0 Å². The number of rotatable bonds is 5. The molecule has 1 saturated heterocycles. The Morgan fingerprint density at radius 3 is 2.48 bits per heavy atom. The fourth-order valence-electron chi connectivity index (χ4n) is 3.59. The number of hydrogen-bond acceptors (Lipinski definition) is 4. The molecule has 1 amide bonds. The van der Waals surface area contributed by atoms with Crippen molar-refractivity contribution in [3.8, 4) is 0 Å². The lowest BCUT2D eigenvalue weighted by Gasteiger charge is -2.34. The van der Waals surface area contributed by atoms with E-state index in [-0.39, 0.29) is 18.0 Å². The first-order chi connectivity index (χ1) is 14.2. The number of nitrogens with zero attached hydrogens (tertiary/aromatic N) is 4. The van der Waals surface area contributed by atoms with Gasteiger partial charge in [0.2, 0.25) is 5.91 Å². The molecular formula is C23H24N4O2. The van der Waals surface area contributed by atoms with Crippen molar-refractivity contribution in [2.75, 3.05) is 32.7 Å². The maximum absolute atomic E-state index is 12.8. The fourth-order valence-corrected chi connectivity index (χ4v) is 3.59. The van der Waals surface area contributed by atoms with Crippen molar-refractivity contribution >= 4 is 23.0 Å². The molecule has 0 bridgehead atoms. The number of para-hydroxylation sites is 2. The van der Waals surface area contributed by atoms with Crippen LogP contribution in [-0.2, 0) is 11.3 Å². The average molecular weight is 388 g/mol. The standard InChI is InChI=1S/C23H24N4O2/c28-22-17-24-20-10-4-5-11-21(20)27(22)18-23(29)26-15-13-25(14-16-26)12-6-9-19-7-2-1-3-8-19/h1-11,17H,12-16,18H2. The summed E-state index contributed by atoms with van der Waals surface area (Å²) in [6, 6.07) is 17.6. The number of hydrogen-bond donors (Lipinski definition) is 0. The zero-order valence-corrected chi connectivity index (χ0v) is 16.3. The summed E-state index contributed by atoms with van der Waals surface area (Å²) < 4.78 is 1.51. The minimum Gasteiger partial charge on any atom is -0.339 e. The molecule has 0 N–H and O–H groups in total. The zero-order chi connectivity index (χ0) is 20.1. The molecule has 2 heterocycles. The van der Waals surface area contributed by atoms with Crippen LogP contribution >= 0.6 is 0 Å². The summed E-state index contributed by atoms with van der Waals surface area (Å²) in [5.74, 6) is -0.0251. The summed E-state index contributed by atoms with van der Waals surface area (Å²) >= 11 is 0. The minimum absolute atomic E-state index is 0.0251.